The SMILES string of the molecule is CC[C@H](NC(=O)OC(C)(C)C)C(=O)N1CC(F)(F)C[C@H]1Cc1c(-c2nc3cc(F)ccc3n2C[C@@H]2CC(F)(F)CN2C(=O)[C@H](CC)NC(=O)OC(C)(C)C)[nH]c2cc(F)ccc12. The van der Waals surface area contributed by atoms with Crippen LogP contribution in [0.4, 0.5) is 35.9 Å². The summed E-state index contributed by atoms with van der Waals surface area (Å²) in [6, 6.07) is 2.68. The first kappa shape index (κ1) is 46.0. The number of aromatic nitrogens is 3. The summed E-state index contributed by atoms with van der Waals surface area (Å²) in [4.78, 5) is 63.1. The molecule has 19 heteroatoms. The molecule has 0 aliphatic carbocycles. The van der Waals surface area contributed by atoms with Gasteiger partial charge in [0.15, 0.2) is 5.82 Å². The monoisotopic (exact) mass is 877 g/mol. The minimum atomic E-state index is -3.34. The summed E-state index contributed by atoms with van der Waals surface area (Å²) in [6.45, 7) is 10.8. The normalized spacial score (nSPS) is 19.8. The molecular formula is C43H53F6N7O6. The average molecular weight is 878 g/mol. The topological polar surface area (TPSA) is 151 Å². The summed E-state index contributed by atoms with van der Waals surface area (Å²) in [6.07, 6.45) is -3.48. The second kappa shape index (κ2) is 17.0. The average Bonchev–Trinajstić information content (AvgIpc) is 3.86. The number of hydrogen-bond donors (Lipinski definition) is 3. The molecular weight excluding hydrogens is 825 g/mol. The summed E-state index contributed by atoms with van der Waals surface area (Å²) < 4.78 is 103. The van der Waals surface area contributed by atoms with Crippen molar-refractivity contribution in [1.29, 1.82) is 0 Å². The number of ether oxygens (including phenoxy) is 2. The van der Waals surface area contributed by atoms with Gasteiger partial charge in [0.25, 0.3) is 11.8 Å². The maximum Gasteiger partial charge on any atom is 0.408 e. The van der Waals surface area contributed by atoms with Crippen LogP contribution in [0.1, 0.15) is 86.6 Å². The lowest BCUT2D eigenvalue weighted by atomic mass is 9.99. The number of halogens is 6. The summed E-state index contributed by atoms with van der Waals surface area (Å²) in [5.74, 6) is -9.47. The molecule has 62 heavy (non-hydrogen) atoms. The Bertz CT molecular complexity index is 2190. The van der Waals surface area contributed by atoms with E-state index in [-0.39, 0.29) is 53.9 Å². The van der Waals surface area contributed by atoms with Gasteiger partial charge in [0.1, 0.15) is 34.9 Å². The molecule has 2 aliphatic rings. The number of likely N-dealkylation sites (tertiary alicyclic amines) is 2. The Morgan fingerprint density at radius 3 is 1.82 bits per heavy atom. The van der Waals surface area contributed by atoms with Crippen LogP contribution >= 0.6 is 0 Å². The van der Waals surface area contributed by atoms with Crippen molar-refractivity contribution in [2.24, 2.45) is 0 Å². The second-order valence-electron chi connectivity index (χ2n) is 18.1. The Morgan fingerprint density at radius 1 is 0.790 bits per heavy atom. The Morgan fingerprint density at radius 2 is 1.29 bits per heavy atom. The molecule has 0 bridgehead atoms. The number of fused-ring (bicyclic) bond motifs is 2. The first-order valence-corrected chi connectivity index (χ1v) is 20.6. The van der Waals surface area contributed by atoms with Crippen molar-refractivity contribution >= 4 is 45.9 Å². The van der Waals surface area contributed by atoms with Crippen molar-refractivity contribution in [1.82, 2.24) is 35.0 Å². The van der Waals surface area contributed by atoms with E-state index in [0.717, 1.165) is 21.9 Å². The molecule has 0 radical (unpaired) electrons. The molecule has 338 valence electrons. The number of imidazole rings is 1. The van der Waals surface area contributed by atoms with Gasteiger partial charge in [0.2, 0.25) is 11.8 Å². The third-order valence-corrected chi connectivity index (χ3v) is 10.7. The highest BCUT2D eigenvalue weighted by molar-refractivity contribution is 5.92. The van der Waals surface area contributed by atoms with Crippen LogP contribution in [0.5, 0.6) is 0 Å². The molecule has 2 aliphatic heterocycles. The standard InChI is InChI=1S/C43H53F6N7O6/c1-9-29(52-38(59)61-40(3,4)5)36(57)55-21-42(46,47)18-25(55)17-28-27-13-11-23(44)15-31(27)50-34(28)35-51-32-16-24(45)12-14-33(32)54(35)20-26-19-43(48,49)22-56(26)37(58)30(10-2)53-39(60)62-41(6,7)8/h11-16,25-26,29-30,50H,9-10,17-22H2,1-8H3,(H,52,59)(H,53,60)/t25-,26+,29+,30+/m1/s1. The summed E-state index contributed by atoms with van der Waals surface area (Å²) >= 11 is 0. The highest BCUT2D eigenvalue weighted by atomic mass is 19.3. The lowest BCUT2D eigenvalue weighted by molar-refractivity contribution is -0.136. The minimum absolute atomic E-state index is 0.0411. The number of amides is 4. The van der Waals surface area contributed by atoms with E-state index in [2.05, 4.69) is 15.6 Å². The van der Waals surface area contributed by atoms with E-state index in [1.807, 2.05) is 0 Å². The zero-order valence-corrected chi connectivity index (χ0v) is 35.9. The van der Waals surface area contributed by atoms with Crippen LogP contribution in [0.3, 0.4) is 0 Å². The van der Waals surface area contributed by atoms with Crippen LogP contribution in [0.2, 0.25) is 0 Å². The van der Waals surface area contributed by atoms with Gasteiger partial charge in [-0.2, -0.15) is 0 Å². The highest BCUT2D eigenvalue weighted by Gasteiger charge is 2.50. The number of carbonyl (C=O) groups is 4. The molecule has 4 aromatic rings. The summed E-state index contributed by atoms with van der Waals surface area (Å²) in [5.41, 5.74) is -0.715. The van der Waals surface area contributed by atoms with E-state index in [9.17, 15) is 28.0 Å². The summed E-state index contributed by atoms with van der Waals surface area (Å²) in [5, 5.41) is 5.36. The van der Waals surface area contributed by atoms with Gasteiger partial charge in [-0.05, 0) is 96.7 Å². The molecule has 4 atom stereocenters. The largest absolute Gasteiger partial charge is 0.444 e. The van der Waals surface area contributed by atoms with Gasteiger partial charge in [0.05, 0.1) is 35.9 Å². The van der Waals surface area contributed by atoms with E-state index >= 15 is 17.6 Å². The van der Waals surface area contributed by atoms with E-state index in [1.54, 1.807) is 55.4 Å². The lowest BCUT2D eigenvalue weighted by Gasteiger charge is -2.30. The fourth-order valence-electron chi connectivity index (χ4n) is 8.19. The zero-order valence-electron chi connectivity index (χ0n) is 35.9. The third-order valence-electron chi connectivity index (χ3n) is 10.7. The molecule has 3 N–H and O–H groups in total. The van der Waals surface area contributed by atoms with Crippen molar-refractivity contribution in [3.8, 4) is 11.5 Å². The minimum Gasteiger partial charge on any atom is -0.444 e. The van der Waals surface area contributed by atoms with E-state index in [0.29, 0.717) is 10.9 Å². The van der Waals surface area contributed by atoms with Gasteiger partial charge in [0, 0.05) is 42.4 Å². The van der Waals surface area contributed by atoms with Crippen molar-refractivity contribution < 1.29 is 55.0 Å². The summed E-state index contributed by atoms with van der Waals surface area (Å²) in [7, 11) is 0. The number of carbonyl (C=O) groups excluding carboxylic acids is 4. The first-order chi connectivity index (χ1) is 28.8. The molecule has 2 saturated heterocycles. The van der Waals surface area contributed by atoms with Gasteiger partial charge < -0.3 is 39.5 Å². The highest BCUT2D eigenvalue weighted by Crippen LogP contribution is 2.41. The van der Waals surface area contributed by atoms with Crippen LogP contribution in [0.15, 0.2) is 36.4 Å². The van der Waals surface area contributed by atoms with Crippen LogP contribution < -0.4 is 10.6 Å². The van der Waals surface area contributed by atoms with Crippen LogP contribution in [0, 0.1) is 11.6 Å². The Balaban J connectivity index is 1.41. The quantitative estimate of drug-likeness (QED) is 0.129. The van der Waals surface area contributed by atoms with E-state index in [1.165, 1.54) is 28.8 Å². The molecule has 0 unspecified atom stereocenters. The molecule has 2 aromatic carbocycles. The fourth-order valence-corrected chi connectivity index (χ4v) is 8.19. The second-order valence-corrected chi connectivity index (χ2v) is 18.1. The number of alkyl halides is 4. The Kier molecular flexibility index (Phi) is 12.6. The van der Waals surface area contributed by atoms with Gasteiger partial charge in [-0.3, -0.25) is 9.59 Å². The number of benzene rings is 2. The van der Waals surface area contributed by atoms with Gasteiger partial charge in [-0.15, -0.1) is 0 Å². The first-order valence-electron chi connectivity index (χ1n) is 20.6. The molecule has 0 saturated carbocycles. The fraction of sp³-hybridized carbons (Fsp3) is 0.558. The maximum absolute atomic E-state index is 15.4. The number of alkyl carbamates (subject to hydrolysis) is 2. The number of H-pyrrole nitrogens is 1. The predicted octanol–water partition coefficient (Wildman–Crippen LogP) is 8.08. The molecule has 4 heterocycles. The number of rotatable bonds is 11. The van der Waals surface area contributed by atoms with Crippen LogP contribution in [-0.2, 0) is 32.0 Å². The molecule has 4 amide bonds. The molecule has 2 fully saturated rings. The number of hydrogen-bond acceptors (Lipinski definition) is 7. The molecule has 6 rings (SSSR count). The van der Waals surface area contributed by atoms with Gasteiger partial charge in [-0.25, -0.2) is 40.9 Å². The molecule has 0 spiro atoms. The Hall–Kier alpha value is -5.49. The van der Waals surface area contributed by atoms with Crippen molar-refractivity contribution in [3.63, 3.8) is 0 Å². The molecule has 2 aromatic heterocycles. The van der Waals surface area contributed by atoms with Gasteiger partial charge in [-0.1, -0.05) is 13.8 Å². The van der Waals surface area contributed by atoms with Crippen molar-refractivity contribution in [2.75, 3.05) is 13.1 Å². The Labute approximate surface area is 354 Å². The third kappa shape index (κ3) is 10.4. The van der Waals surface area contributed by atoms with Crippen LogP contribution in [-0.4, -0.2) is 109 Å². The van der Waals surface area contributed by atoms with Crippen LogP contribution in [0.25, 0.3) is 33.5 Å². The maximum atomic E-state index is 15.4. The number of aromatic amines is 1. The van der Waals surface area contributed by atoms with E-state index < -0.39 is 109 Å². The number of nitrogens with zero attached hydrogens (tertiary/aromatic N) is 4. The van der Waals surface area contributed by atoms with Crippen molar-refractivity contribution in [2.45, 2.75) is 141 Å². The predicted molar refractivity (Wildman–Crippen MR) is 218 cm³/mol. The molecule has 13 nitrogen and oxygen atoms in total. The smallest absolute Gasteiger partial charge is 0.408 e. The number of nitrogens with one attached hydrogen (secondary N) is 3. The van der Waals surface area contributed by atoms with Crippen molar-refractivity contribution in [3.05, 3.63) is 53.6 Å². The van der Waals surface area contributed by atoms with E-state index in [4.69, 9.17) is 14.5 Å². The lowest BCUT2D eigenvalue weighted by Crippen LogP contribution is -2.51. The van der Waals surface area contributed by atoms with Gasteiger partial charge >= 0.3 is 12.2 Å². The zero-order chi connectivity index (χ0) is 45.7.